The quantitative estimate of drug-likeness (QED) is 0.252. The highest BCUT2D eigenvalue weighted by Gasteiger charge is 2.23. The van der Waals surface area contributed by atoms with E-state index < -0.39 is 22.5 Å². The predicted molar refractivity (Wildman–Crippen MR) is 136 cm³/mol. The number of nitro groups is 1. The van der Waals surface area contributed by atoms with Gasteiger partial charge in [-0.15, -0.1) is 0 Å². The molecule has 36 heavy (non-hydrogen) atoms. The first-order valence-corrected chi connectivity index (χ1v) is 11.1. The summed E-state index contributed by atoms with van der Waals surface area (Å²) in [5, 5.41) is 16.7. The summed E-state index contributed by atoms with van der Waals surface area (Å²) in [5.74, 6) is -0.953. The SMILES string of the molecule is CCOc1ccc(NC(=O)CNC(=O)c2ccccc2C(=O)c2ccc(N(C)C)c([N+](=O)[O-])c2)cc1. The van der Waals surface area contributed by atoms with E-state index in [-0.39, 0.29) is 28.9 Å². The number of nitrogens with one attached hydrogen (secondary N) is 2. The van der Waals surface area contributed by atoms with Gasteiger partial charge in [-0.1, -0.05) is 18.2 Å². The maximum Gasteiger partial charge on any atom is 0.293 e. The van der Waals surface area contributed by atoms with Crippen molar-refractivity contribution in [3.8, 4) is 5.75 Å². The Hall–Kier alpha value is -4.73. The van der Waals surface area contributed by atoms with Crippen LogP contribution in [0.25, 0.3) is 0 Å². The van der Waals surface area contributed by atoms with Crippen LogP contribution in [0.1, 0.15) is 33.2 Å². The highest BCUT2D eigenvalue weighted by molar-refractivity contribution is 6.16. The van der Waals surface area contributed by atoms with E-state index >= 15 is 0 Å². The zero-order chi connectivity index (χ0) is 26.2. The van der Waals surface area contributed by atoms with E-state index in [0.717, 1.165) is 0 Å². The second kappa shape index (κ2) is 11.6. The minimum atomic E-state index is -0.625. The summed E-state index contributed by atoms with van der Waals surface area (Å²) < 4.78 is 5.36. The lowest BCUT2D eigenvalue weighted by Gasteiger charge is -2.14. The molecule has 10 nitrogen and oxygen atoms in total. The lowest BCUT2D eigenvalue weighted by Crippen LogP contribution is -2.33. The topological polar surface area (TPSA) is 131 Å². The fourth-order valence-corrected chi connectivity index (χ4v) is 3.49. The molecule has 0 fully saturated rings. The Balaban J connectivity index is 1.72. The summed E-state index contributed by atoms with van der Waals surface area (Å²) in [7, 11) is 3.32. The monoisotopic (exact) mass is 490 g/mol. The Morgan fingerprint density at radius 1 is 0.972 bits per heavy atom. The molecule has 0 spiro atoms. The average Bonchev–Trinajstić information content (AvgIpc) is 2.87. The molecule has 3 aromatic carbocycles. The first kappa shape index (κ1) is 25.9. The number of carbonyl (C=O) groups is 3. The molecule has 3 aromatic rings. The lowest BCUT2D eigenvalue weighted by molar-refractivity contribution is -0.384. The van der Waals surface area contributed by atoms with Gasteiger partial charge in [0.05, 0.1) is 23.6 Å². The van der Waals surface area contributed by atoms with Gasteiger partial charge in [-0.25, -0.2) is 0 Å². The zero-order valence-electron chi connectivity index (χ0n) is 20.1. The predicted octanol–water partition coefficient (Wildman–Crippen LogP) is 3.66. The van der Waals surface area contributed by atoms with Gasteiger partial charge in [0, 0.05) is 37.0 Å². The van der Waals surface area contributed by atoms with Crippen molar-refractivity contribution in [3.63, 3.8) is 0 Å². The second-order valence-corrected chi connectivity index (χ2v) is 7.92. The van der Waals surface area contributed by atoms with E-state index in [2.05, 4.69) is 10.6 Å². The summed E-state index contributed by atoms with van der Waals surface area (Å²) >= 11 is 0. The van der Waals surface area contributed by atoms with E-state index in [1.165, 1.54) is 30.3 Å². The third-order valence-electron chi connectivity index (χ3n) is 5.19. The summed E-state index contributed by atoms with van der Waals surface area (Å²) in [6.07, 6.45) is 0. The van der Waals surface area contributed by atoms with Crippen molar-refractivity contribution in [2.45, 2.75) is 6.92 Å². The molecule has 0 aliphatic heterocycles. The number of hydrogen-bond donors (Lipinski definition) is 2. The number of ketones is 1. The minimum absolute atomic E-state index is 0.0516. The molecule has 0 bridgehead atoms. The highest BCUT2D eigenvalue weighted by Crippen LogP contribution is 2.29. The summed E-state index contributed by atoms with van der Waals surface area (Å²) in [6, 6.07) is 17.0. The van der Waals surface area contributed by atoms with Gasteiger partial charge in [0.2, 0.25) is 5.91 Å². The molecule has 2 amide bonds. The van der Waals surface area contributed by atoms with Crippen LogP contribution >= 0.6 is 0 Å². The van der Waals surface area contributed by atoms with E-state index in [9.17, 15) is 24.5 Å². The zero-order valence-corrected chi connectivity index (χ0v) is 20.1. The van der Waals surface area contributed by atoms with Crippen molar-refractivity contribution in [2.24, 2.45) is 0 Å². The molecule has 10 heteroatoms. The molecule has 0 radical (unpaired) electrons. The lowest BCUT2D eigenvalue weighted by atomic mass is 9.97. The van der Waals surface area contributed by atoms with Crippen molar-refractivity contribution in [3.05, 3.63) is 93.5 Å². The Morgan fingerprint density at radius 3 is 2.25 bits per heavy atom. The smallest absolute Gasteiger partial charge is 0.293 e. The summed E-state index contributed by atoms with van der Waals surface area (Å²) in [5.41, 5.74) is 0.848. The summed E-state index contributed by atoms with van der Waals surface area (Å²) in [6.45, 7) is 2.08. The van der Waals surface area contributed by atoms with Crippen LogP contribution in [0.15, 0.2) is 66.7 Å². The van der Waals surface area contributed by atoms with Crippen LogP contribution in [-0.4, -0.2) is 49.8 Å². The number of nitro benzene ring substituents is 1. The number of amides is 2. The van der Waals surface area contributed by atoms with Gasteiger partial charge in [0.25, 0.3) is 11.6 Å². The number of hydrogen-bond acceptors (Lipinski definition) is 7. The summed E-state index contributed by atoms with van der Waals surface area (Å²) in [4.78, 5) is 50.8. The van der Waals surface area contributed by atoms with Crippen LogP contribution in [0.3, 0.4) is 0 Å². The first-order chi connectivity index (χ1) is 17.2. The number of anilines is 2. The van der Waals surface area contributed by atoms with E-state index in [4.69, 9.17) is 4.74 Å². The standard InChI is InChI=1S/C26H26N4O6/c1-4-36-19-12-10-18(11-13-19)28-24(31)16-27-26(33)21-8-6-5-7-20(21)25(32)17-9-14-22(29(2)3)23(15-17)30(34)35/h5-15H,4,16H2,1-3H3,(H,27,33)(H,28,31). The minimum Gasteiger partial charge on any atom is -0.494 e. The van der Waals surface area contributed by atoms with Crippen molar-refractivity contribution >= 4 is 34.7 Å². The molecule has 0 heterocycles. The maximum absolute atomic E-state index is 13.2. The van der Waals surface area contributed by atoms with Crippen LogP contribution in [0.5, 0.6) is 5.75 Å². The van der Waals surface area contributed by atoms with Gasteiger partial charge in [-0.05, 0) is 49.4 Å². The molecule has 0 aromatic heterocycles. The van der Waals surface area contributed by atoms with Gasteiger partial charge < -0.3 is 20.3 Å². The molecule has 0 saturated heterocycles. The van der Waals surface area contributed by atoms with E-state index in [1.807, 2.05) is 6.92 Å². The molecule has 0 unspecified atom stereocenters. The number of benzene rings is 3. The van der Waals surface area contributed by atoms with Crippen LogP contribution < -0.4 is 20.3 Å². The van der Waals surface area contributed by atoms with Crippen LogP contribution in [0.4, 0.5) is 17.1 Å². The Labute approximate surface area is 208 Å². The van der Waals surface area contributed by atoms with Gasteiger partial charge in [-0.2, -0.15) is 0 Å². The molecule has 0 saturated carbocycles. The van der Waals surface area contributed by atoms with Gasteiger partial charge >= 0.3 is 0 Å². The fraction of sp³-hybridized carbons (Fsp3) is 0.192. The molecular formula is C26H26N4O6. The Kier molecular flexibility index (Phi) is 8.35. The third-order valence-corrected chi connectivity index (χ3v) is 5.19. The van der Waals surface area contributed by atoms with Crippen molar-refractivity contribution in [1.82, 2.24) is 5.32 Å². The van der Waals surface area contributed by atoms with Crippen LogP contribution in [-0.2, 0) is 4.79 Å². The Morgan fingerprint density at radius 2 is 1.64 bits per heavy atom. The molecule has 0 aliphatic carbocycles. The number of nitrogens with zero attached hydrogens (tertiary/aromatic N) is 2. The number of rotatable bonds is 10. The van der Waals surface area contributed by atoms with Crippen molar-refractivity contribution in [2.75, 3.05) is 37.5 Å². The number of ether oxygens (including phenoxy) is 1. The Bertz CT molecular complexity index is 1290. The molecular weight excluding hydrogens is 464 g/mol. The molecule has 0 atom stereocenters. The van der Waals surface area contributed by atoms with E-state index in [0.29, 0.717) is 23.7 Å². The van der Waals surface area contributed by atoms with E-state index in [1.54, 1.807) is 55.4 Å². The van der Waals surface area contributed by atoms with Crippen molar-refractivity contribution < 1.29 is 24.0 Å². The largest absolute Gasteiger partial charge is 0.494 e. The second-order valence-electron chi connectivity index (χ2n) is 7.92. The van der Waals surface area contributed by atoms with Gasteiger partial charge in [0.15, 0.2) is 5.78 Å². The van der Waals surface area contributed by atoms with Gasteiger partial charge in [-0.3, -0.25) is 24.5 Å². The average molecular weight is 491 g/mol. The van der Waals surface area contributed by atoms with Crippen molar-refractivity contribution in [1.29, 1.82) is 0 Å². The first-order valence-electron chi connectivity index (χ1n) is 11.1. The normalized spacial score (nSPS) is 10.3. The molecule has 3 rings (SSSR count). The number of carbonyl (C=O) groups excluding carboxylic acids is 3. The maximum atomic E-state index is 13.2. The van der Waals surface area contributed by atoms with Crippen LogP contribution in [0, 0.1) is 10.1 Å². The van der Waals surface area contributed by atoms with Gasteiger partial charge in [0.1, 0.15) is 11.4 Å². The highest BCUT2D eigenvalue weighted by atomic mass is 16.6. The molecule has 2 N–H and O–H groups in total. The third kappa shape index (κ3) is 6.23. The fourth-order valence-electron chi connectivity index (χ4n) is 3.49. The molecule has 186 valence electrons. The van der Waals surface area contributed by atoms with Crippen LogP contribution in [0.2, 0.25) is 0 Å². The molecule has 0 aliphatic rings.